The fourth-order valence-electron chi connectivity index (χ4n) is 1.36. The van der Waals surface area contributed by atoms with Crippen LogP contribution in [0.3, 0.4) is 0 Å². The number of hydrogen-bond acceptors (Lipinski definition) is 4. The van der Waals surface area contributed by atoms with Gasteiger partial charge in [0, 0.05) is 6.54 Å². The molecule has 0 saturated heterocycles. The second kappa shape index (κ2) is 6.22. The Hall–Kier alpha value is -2.04. The van der Waals surface area contributed by atoms with E-state index in [1.54, 1.807) is 12.1 Å². The molecule has 0 atom stereocenters. The van der Waals surface area contributed by atoms with Crippen molar-refractivity contribution in [2.24, 2.45) is 0 Å². The summed E-state index contributed by atoms with van der Waals surface area (Å²) in [7, 11) is 0. The molecule has 0 spiro atoms. The number of nitrogens with one attached hydrogen (secondary N) is 1. The van der Waals surface area contributed by atoms with Gasteiger partial charge in [0.1, 0.15) is 11.4 Å². The minimum Gasteiger partial charge on any atom is -0.444 e. The largest absolute Gasteiger partial charge is 0.444 e. The van der Waals surface area contributed by atoms with Crippen LogP contribution in [0, 0.1) is 6.92 Å². The Morgan fingerprint density at radius 1 is 1.47 bits per heavy atom. The van der Waals surface area contributed by atoms with E-state index < -0.39 is 11.7 Å². The predicted octanol–water partition coefficient (Wildman–Crippen LogP) is 2.51. The molecule has 0 unspecified atom stereocenters. The van der Waals surface area contributed by atoms with Crippen molar-refractivity contribution >= 4 is 18.0 Å². The maximum absolute atomic E-state index is 11.4. The summed E-state index contributed by atoms with van der Waals surface area (Å²) in [5, 5.41) is 2.64. The standard InChI is InChI=1S/C14H21N3O2/c1-10-7-8-12(15)17-11(10)6-5-9-16-13(18)19-14(2,3)4/h5-8H,9H2,1-4H3,(H2,15,17)(H,16,18). The van der Waals surface area contributed by atoms with Gasteiger partial charge in [0.25, 0.3) is 0 Å². The van der Waals surface area contributed by atoms with Crippen LogP contribution in [-0.4, -0.2) is 23.2 Å². The summed E-state index contributed by atoms with van der Waals surface area (Å²) in [5.74, 6) is 0.477. The Labute approximate surface area is 113 Å². The van der Waals surface area contributed by atoms with Gasteiger partial charge in [-0.3, -0.25) is 0 Å². The molecule has 0 aliphatic heterocycles. The van der Waals surface area contributed by atoms with E-state index in [1.807, 2.05) is 39.8 Å². The van der Waals surface area contributed by atoms with Gasteiger partial charge in [-0.2, -0.15) is 0 Å². The number of amides is 1. The first-order valence-electron chi connectivity index (χ1n) is 6.14. The first kappa shape index (κ1) is 15.0. The molecule has 5 nitrogen and oxygen atoms in total. The van der Waals surface area contributed by atoms with Crippen LogP contribution in [0.15, 0.2) is 18.2 Å². The maximum atomic E-state index is 11.4. The molecule has 3 N–H and O–H groups in total. The molecule has 1 aromatic heterocycles. The lowest BCUT2D eigenvalue weighted by Crippen LogP contribution is -2.32. The van der Waals surface area contributed by atoms with Crippen molar-refractivity contribution in [3.63, 3.8) is 0 Å². The first-order valence-corrected chi connectivity index (χ1v) is 6.14. The van der Waals surface area contributed by atoms with Gasteiger partial charge < -0.3 is 15.8 Å². The lowest BCUT2D eigenvalue weighted by molar-refractivity contribution is 0.0534. The van der Waals surface area contributed by atoms with Crippen LogP contribution < -0.4 is 11.1 Å². The highest BCUT2D eigenvalue weighted by Gasteiger charge is 2.14. The van der Waals surface area contributed by atoms with Gasteiger partial charge in [0.15, 0.2) is 0 Å². The Morgan fingerprint density at radius 3 is 2.79 bits per heavy atom. The maximum Gasteiger partial charge on any atom is 0.407 e. The van der Waals surface area contributed by atoms with Crippen LogP contribution in [0.25, 0.3) is 6.08 Å². The summed E-state index contributed by atoms with van der Waals surface area (Å²) in [6.07, 6.45) is 3.19. The average Bonchev–Trinajstić information content (AvgIpc) is 2.26. The second-order valence-electron chi connectivity index (χ2n) is 5.22. The number of nitrogens with two attached hydrogens (primary N) is 1. The zero-order chi connectivity index (χ0) is 14.5. The average molecular weight is 263 g/mol. The topological polar surface area (TPSA) is 77.2 Å². The normalized spacial score (nSPS) is 11.6. The molecular formula is C14H21N3O2. The van der Waals surface area contributed by atoms with E-state index in [9.17, 15) is 4.79 Å². The lowest BCUT2D eigenvalue weighted by atomic mass is 10.2. The molecule has 0 aromatic carbocycles. The number of pyridine rings is 1. The number of hydrogen-bond donors (Lipinski definition) is 2. The van der Waals surface area contributed by atoms with Crippen molar-refractivity contribution in [1.82, 2.24) is 10.3 Å². The quantitative estimate of drug-likeness (QED) is 0.878. The molecule has 0 saturated carbocycles. The Bertz CT molecular complexity index is 476. The molecule has 104 valence electrons. The Kier molecular flexibility index (Phi) is 4.92. The van der Waals surface area contributed by atoms with Gasteiger partial charge >= 0.3 is 6.09 Å². The molecule has 1 amide bonds. The number of ether oxygens (including phenoxy) is 1. The van der Waals surface area contributed by atoms with Gasteiger partial charge in [-0.1, -0.05) is 12.1 Å². The summed E-state index contributed by atoms with van der Waals surface area (Å²) in [5.41, 5.74) is 6.96. The van der Waals surface area contributed by atoms with Crippen LogP contribution in [0.2, 0.25) is 0 Å². The van der Waals surface area contributed by atoms with Crippen LogP contribution in [0.5, 0.6) is 0 Å². The van der Waals surface area contributed by atoms with Crippen LogP contribution in [-0.2, 0) is 4.74 Å². The molecular weight excluding hydrogens is 242 g/mol. The minimum absolute atomic E-state index is 0.380. The fourth-order valence-corrected chi connectivity index (χ4v) is 1.36. The number of alkyl carbamates (subject to hydrolysis) is 1. The van der Waals surface area contributed by atoms with Gasteiger partial charge in [-0.15, -0.1) is 0 Å². The molecule has 0 aliphatic carbocycles. The van der Waals surface area contributed by atoms with Crippen LogP contribution >= 0.6 is 0 Å². The molecule has 0 aliphatic rings. The summed E-state index contributed by atoms with van der Waals surface area (Å²) in [6.45, 7) is 7.80. The first-order chi connectivity index (χ1) is 8.78. The molecule has 0 fully saturated rings. The smallest absolute Gasteiger partial charge is 0.407 e. The van der Waals surface area contributed by atoms with Crippen molar-refractivity contribution in [2.75, 3.05) is 12.3 Å². The highest BCUT2D eigenvalue weighted by Crippen LogP contribution is 2.09. The predicted molar refractivity (Wildman–Crippen MR) is 76.7 cm³/mol. The number of nitrogen functional groups attached to an aromatic ring is 1. The number of carbonyl (C=O) groups is 1. The number of carbonyl (C=O) groups excluding carboxylic acids is 1. The SMILES string of the molecule is Cc1ccc(N)nc1C=CCNC(=O)OC(C)(C)C. The number of aryl methyl sites for hydroxylation is 1. The third kappa shape index (κ3) is 5.90. The van der Waals surface area contributed by atoms with Crippen molar-refractivity contribution in [3.05, 3.63) is 29.5 Å². The van der Waals surface area contributed by atoms with E-state index >= 15 is 0 Å². The molecule has 0 bridgehead atoms. The molecule has 1 heterocycles. The van der Waals surface area contributed by atoms with Crippen molar-refractivity contribution in [3.8, 4) is 0 Å². The zero-order valence-electron chi connectivity index (χ0n) is 11.9. The minimum atomic E-state index is -0.486. The number of anilines is 1. The third-order valence-electron chi connectivity index (χ3n) is 2.20. The molecule has 0 radical (unpaired) electrons. The molecule has 1 rings (SSSR count). The van der Waals surface area contributed by atoms with Gasteiger partial charge in [-0.25, -0.2) is 9.78 Å². The van der Waals surface area contributed by atoms with Crippen molar-refractivity contribution in [1.29, 1.82) is 0 Å². The van der Waals surface area contributed by atoms with E-state index in [2.05, 4.69) is 10.3 Å². The van der Waals surface area contributed by atoms with Crippen LogP contribution in [0.4, 0.5) is 10.6 Å². The van der Waals surface area contributed by atoms with E-state index in [0.717, 1.165) is 11.3 Å². The summed E-state index contributed by atoms with van der Waals surface area (Å²) in [4.78, 5) is 15.6. The highest BCUT2D eigenvalue weighted by molar-refractivity contribution is 5.68. The van der Waals surface area contributed by atoms with Crippen LogP contribution in [0.1, 0.15) is 32.0 Å². The summed E-state index contributed by atoms with van der Waals surface area (Å²) < 4.78 is 5.11. The van der Waals surface area contributed by atoms with E-state index in [4.69, 9.17) is 10.5 Å². The Balaban J connectivity index is 2.47. The second-order valence-corrected chi connectivity index (χ2v) is 5.22. The monoisotopic (exact) mass is 263 g/mol. The molecule has 19 heavy (non-hydrogen) atoms. The zero-order valence-corrected chi connectivity index (χ0v) is 11.9. The number of aromatic nitrogens is 1. The highest BCUT2D eigenvalue weighted by atomic mass is 16.6. The molecule has 5 heteroatoms. The number of rotatable bonds is 3. The van der Waals surface area contributed by atoms with E-state index in [1.165, 1.54) is 0 Å². The van der Waals surface area contributed by atoms with E-state index in [0.29, 0.717) is 12.4 Å². The summed E-state index contributed by atoms with van der Waals surface area (Å²) >= 11 is 0. The Morgan fingerprint density at radius 2 is 2.16 bits per heavy atom. The summed E-state index contributed by atoms with van der Waals surface area (Å²) in [6, 6.07) is 3.66. The van der Waals surface area contributed by atoms with Gasteiger partial charge in [0.2, 0.25) is 0 Å². The number of nitrogens with zero attached hydrogens (tertiary/aromatic N) is 1. The molecule has 1 aromatic rings. The third-order valence-corrected chi connectivity index (χ3v) is 2.20. The van der Waals surface area contributed by atoms with Gasteiger partial charge in [0.05, 0.1) is 5.69 Å². The lowest BCUT2D eigenvalue weighted by Gasteiger charge is -2.19. The van der Waals surface area contributed by atoms with E-state index in [-0.39, 0.29) is 0 Å². The van der Waals surface area contributed by atoms with Crippen molar-refractivity contribution in [2.45, 2.75) is 33.3 Å². The fraction of sp³-hybridized carbons (Fsp3) is 0.429. The van der Waals surface area contributed by atoms with Crippen molar-refractivity contribution < 1.29 is 9.53 Å². The van der Waals surface area contributed by atoms with Gasteiger partial charge in [-0.05, 0) is 45.4 Å².